The normalized spacial score (nSPS) is 11.0. The molecule has 2 aromatic carbocycles. The van der Waals surface area contributed by atoms with Gasteiger partial charge in [0.15, 0.2) is 0 Å². The van der Waals surface area contributed by atoms with E-state index in [9.17, 15) is 18.0 Å². The number of rotatable bonds is 2. The highest BCUT2D eigenvalue weighted by atomic mass is 19.4. The van der Waals surface area contributed by atoms with Gasteiger partial charge in [-0.25, -0.2) is 4.79 Å². The van der Waals surface area contributed by atoms with Gasteiger partial charge in [-0.2, -0.15) is 13.2 Å². The van der Waals surface area contributed by atoms with Crippen molar-refractivity contribution in [3.63, 3.8) is 0 Å². The number of benzene rings is 2. The molecule has 2 aromatic rings. The van der Waals surface area contributed by atoms with E-state index in [1.54, 1.807) is 24.3 Å². The van der Waals surface area contributed by atoms with E-state index in [-0.39, 0.29) is 5.69 Å². The SMILES string of the molecule is [CH2]c1cccc(NC(=O)Nc2ccc(C(F)(F)F)cc2)c1. The molecule has 109 valence electrons. The van der Waals surface area contributed by atoms with Crippen LogP contribution >= 0.6 is 0 Å². The molecule has 2 N–H and O–H groups in total. The molecule has 0 aliphatic carbocycles. The molecule has 0 spiro atoms. The Morgan fingerprint density at radius 1 is 0.952 bits per heavy atom. The number of urea groups is 1. The van der Waals surface area contributed by atoms with Crippen molar-refractivity contribution in [3.8, 4) is 0 Å². The fourth-order valence-electron chi connectivity index (χ4n) is 1.69. The van der Waals surface area contributed by atoms with Gasteiger partial charge in [-0.05, 0) is 48.9 Å². The molecule has 21 heavy (non-hydrogen) atoms. The number of hydrogen-bond donors (Lipinski definition) is 2. The predicted molar refractivity (Wildman–Crippen MR) is 75.0 cm³/mol. The Labute approximate surface area is 119 Å². The van der Waals surface area contributed by atoms with Crippen LogP contribution in [0.25, 0.3) is 0 Å². The lowest BCUT2D eigenvalue weighted by Gasteiger charge is -2.10. The Hall–Kier alpha value is -2.50. The predicted octanol–water partition coefficient (Wildman–Crippen LogP) is 4.53. The van der Waals surface area contributed by atoms with E-state index in [4.69, 9.17) is 0 Å². The summed E-state index contributed by atoms with van der Waals surface area (Å²) < 4.78 is 37.2. The van der Waals surface area contributed by atoms with Crippen molar-refractivity contribution in [3.05, 3.63) is 66.6 Å². The van der Waals surface area contributed by atoms with Gasteiger partial charge in [0.1, 0.15) is 0 Å². The smallest absolute Gasteiger partial charge is 0.308 e. The third-order valence-corrected chi connectivity index (χ3v) is 2.65. The largest absolute Gasteiger partial charge is 0.416 e. The van der Waals surface area contributed by atoms with Gasteiger partial charge in [0, 0.05) is 11.4 Å². The van der Waals surface area contributed by atoms with Crippen molar-refractivity contribution in [1.82, 2.24) is 0 Å². The van der Waals surface area contributed by atoms with E-state index in [0.717, 1.165) is 17.7 Å². The second-order valence-electron chi connectivity index (χ2n) is 4.35. The minimum absolute atomic E-state index is 0.270. The Kier molecular flexibility index (Phi) is 4.16. The molecule has 2 rings (SSSR count). The van der Waals surface area contributed by atoms with E-state index in [1.807, 2.05) is 0 Å². The molecule has 2 amide bonds. The summed E-state index contributed by atoms with van der Waals surface area (Å²) in [7, 11) is 0. The van der Waals surface area contributed by atoms with Gasteiger partial charge < -0.3 is 10.6 Å². The lowest BCUT2D eigenvalue weighted by molar-refractivity contribution is -0.137. The first-order chi connectivity index (χ1) is 9.84. The van der Waals surface area contributed by atoms with E-state index in [1.165, 1.54) is 12.1 Å². The standard InChI is InChI=1S/C15H12F3N2O/c1-10-3-2-4-13(9-10)20-14(21)19-12-7-5-11(6-8-12)15(16,17)18/h2-9H,1H2,(H2,19,20,21). The topological polar surface area (TPSA) is 41.1 Å². The molecule has 0 saturated carbocycles. The van der Waals surface area contributed by atoms with Gasteiger partial charge in [-0.3, -0.25) is 0 Å². The van der Waals surface area contributed by atoms with Crippen LogP contribution in [0.4, 0.5) is 29.3 Å². The zero-order chi connectivity index (χ0) is 15.5. The van der Waals surface area contributed by atoms with Crippen LogP contribution in [0.3, 0.4) is 0 Å². The molecule has 0 bridgehead atoms. The maximum atomic E-state index is 12.4. The number of hydrogen-bond acceptors (Lipinski definition) is 1. The molecule has 6 heteroatoms. The molecule has 0 atom stereocenters. The Bertz CT molecular complexity index is 636. The third-order valence-electron chi connectivity index (χ3n) is 2.65. The molecule has 0 saturated heterocycles. The number of carbonyl (C=O) groups is 1. The van der Waals surface area contributed by atoms with Crippen LogP contribution < -0.4 is 10.6 Å². The minimum atomic E-state index is -4.39. The number of anilines is 2. The summed E-state index contributed by atoms with van der Waals surface area (Å²) in [4.78, 5) is 11.7. The zero-order valence-corrected chi connectivity index (χ0v) is 10.9. The molecule has 1 radical (unpaired) electrons. The maximum absolute atomic E-state index is 12.4. The lowest BCUT2D eigenvalue weighted by Crippen LogP contribution is -2.19. The molecule has 0 aliphatic heterocycles. The van der Waals surface area contributed by atoms with Crippen molar-refractivity contribution >= 4 is 17.4 Å². The molecule has 0 aromatic heterocycles. The number of nitrogens with one attached hydrogen (secondary N) is 2. The van der Waals surface area contributed by atoms with Gasteiger partial charge in [0.05, 0.1) is 5.56 Å². The van der Waals surface area contributed by atoms with Gasteiger partial charge in [-0.1, -0.05) is 12.1 Å². The summed E-state index contributed by atoms with van der Waals surface area (Å²) in [5.74, 6) is 0. The van der Waals surface area contributed by atoms with Crippen molar-refractivity contribution in [2.75, 3.05) is 10.6 Å². The quantitative estimate of drug-likeness (QED) is 0.839. The Morgan fingerprint density at radius 3 is 2.14 bits per heavy atom. The average Bonchev–Trinajstić information content (AvgIpc) is 2.38. The summed E-state index contributed by atoms with van der Waals surface area (Å²) in [6.07, 6.45) is -4.39. The van der Waals surface area contributed by atoms with E-state index in [0.29, 0.717) is 5.69 Å². The first-order valence-corrected chi connectivity index (χ1v) is 6.02. The summed E-state index contributed by atoms with van der Waals surface area (Å²) in [6.45, 7) is 3.73. The second-order valence-corrected chi connectivity index (χ2v) is 4.35. The highest BCUT2D eigenvalue weighted by molar-refractivity contribution is 5.99. The number of halogens is 3. The fourth-order valence-corrected chi connectivity index (χ4v) is 1.69. The number of amides is 2. The van der Waals surface area contributed by atoms with Crippen molar-refractivity contribution in [2.45, 2.75) is 6.18 Å². The van der Waals surface area contributed by atoms with Crippen LogP contribution in [-0.4, -0.2) is 6.03 Å². The van der Waals surface area contributed by atoms with Crippen LogP contribution in [0, 0.1) is 6.92 Å². The van der Waals surface area contributed by atoms with Crippen LogP contribution in [0.5, 0.6) is 0 Å². The minimum Gasteiger partial charge on any atom is -0.308 e. The van der Waals surface area contributed by atoms with E-state index >= 15 is 0 Å². The van der Waals surface area contributed by atoms with Crippen molar-refractivity contribution in [1.29, 1.82) is 0 Å². The van der Waals surface area contributed by atoms with E-state index < -0.39 is 17.8 Å². The fraction of sp³-hybridized carbons (Fsp3) is 0.0667. The molecule has 0 unspecified atom stereocenters. The number of carbonyl (C=O) groups excluding carboxylic acids is 1. The third kappa shape index (κ3) is 4.24. The zero-order valence-electron chi connectivity index (χ0n) is 10.9. The highest BCUT2D eigenvalue weighted by Crippen LogP contribution is 2.29. The summed E-state index contributed by atoms with van der Waals surface area (Å²) in [5, 5.41) is 5.01. The Balaban J connectivity index is 2.00. The van der Waals surface area contributed by atoms with Gasteiger partial charge in [0.2, 0.25) is 0 Å². The Morgan fingerprint density at radius 2 is 1.57 bits per heavy atom. The van der Waals surface area contributed by atoms with Crippen LogP contribution in [0.15, 0.2) is 48.5 Å². The molecule has 3 nitrogen and oxygen atoms in total. The molecule has 0 heterocycles. The molecule has 0 aliphatic rings. The molecular formula is C15H12F3N2O. The first-order valence-electron chi connectivity index (χ1n) is 6.02. The summed E-state index contributed by atoms with van der Waals surface area (Å²) >= 11 is 0. The van der Waals surface area contributed by atoms with E-state index in [2.05, 4.69) is 17.6 Å². The van der Waals surface area contributed by atoms with Crippen molar-refractivity contribution in [2.24, 2.45) is 0 Å². The monoisotopic (exact) mass is 293 g/mol. The van der Waals surface area contributed by atoms with Crippen molar-refractivity contribution < 1.29 is 18.0 Å². The second kappa shape index (κ2) is 5.87. The van der Waals surface area contributed by atoms with Crippen LogP contribution in [-0.2, 0) is 6.18 Å². The van der Waals surface area contributed by atoms with Gasteiger partial charge in [-0.15, -0.1) is 0 Å². The lowest BCUT2D eigenvalue weighted by atomic mass is 10.2. The summed E-state index contributed by atoms with van der Waals surface area (Å²) in [6, 6.07) is 10.5. The average molecular weight is 293 g/mol. The molecule has 0 fully saturated rings. The summed E-state index contributed by atoms with van der Waals surface area (Å²) in [5.41, 5.74) is 0.790. The molecular weight excluding hydrogens is 281 g/mol. The number of alkyl halides is 3. The van der Waals surface area contributed by atoms with Gasteiger partial charge in [0.25, 0.3) is 0 Å². The first kappa shape index (κ1) is 14.9. The van der Waals surface area contributed by atoms with Crippen LogP contribution in [0.1, 0.15) is 11.1 Å². The highest BCUT2D eigenvalue weighted by Gasteiger charge is 2.29. The maximum Gasteiger partial charge on any atom is 0.416 e. The van der Waals surface area contributed by atoms with Gasteiger partial charge >= 0.3 is 12.2 Å². The van der Waals surface area contributed by atoms with Crippen LogP contribution in [0.2, 0.25) is 0 Å².